The van der Waals surface area contributed by atoms with Crippen molar-refractivity contribution in [3.05, 3.63) is 70.4 Å². The first-order valence-electron chi connectivity index (χ1n) is 10.4. The highest BCUT2D eigenvalue weighted by Gasteiger charge is 2.20. The molecule has 0 aliphatic heterocycles. The van der Waals surface area contributed by atoms with Gasteiger partial charge in [-0.15, -0.1) is 0 Å². The van der Waals surface area contributed by atoms with Crippen molar-refractivity contribution in [1.29, 1.82) is 0 Å². The second-order valence-electron chi connectivity index (χ2n) is 7.70. The minimum atomic E-state index is -1.37. The van der Waals surface area contributed by atoms with Crippen molar-refractivity contribution in [1.82, 2.24) is 0 Å². The van der Waals surface area contributed by atoms with Crippen molar-refractivity contribution < 1.29 is 44.5 Å². The molecular formula is C25H22O10. The Labute approximate surface area is 198 Å². The Bertz CT molecular complexity index is 1440. The number of aliphatic hydroxyl groups is 3. The standard InChI is InChI=1S/C25H22O10/c1-33-22-7-13(25(32)18(31)11-26)3-5-20(22)34-19-4-2-12(6-15(19)28)21-10-17(30)24-16(29)8-14(27)9-23(24)35-21/h2-10,18,25-29,31-32H,11H2,1H3. The van der Waals surface area contributed by atoms with E-state index >= 15 is 0 Å². The fraction of sp³-hybridized carbons (Fsp3) is 0.160. The third-order valence-corrected chi connectivity index (χ3v) is 5.34. The van der Waals surface area contributed by atoms with Crippen LogP contribution in [0.4, 0.5) is 0 Å². The first-order chi connectivity index (χ1) is 16.7. The Kier molecular flexibility index (Phi) is 6.52. The molecule has 0 amide bonds. The molecule has 2 atom stereocenters. The number of aliphatic hydroxyl groups excluding tert-OH is 3. The summed E-state index contributed by atoms with van der Waals surface area (Å²) in [5.74, 6) is -0.429. The van der Waals surface area contributed by atoms with Crippen LogP contribution in [-0.2, 0) is 0 Å². The zero-order valence-electron chi connectivity index (χ0n) is 18.4. The predicted molar refractivity (Wildman–Crippen MR) is 124 cm³/mol. The molecule has 0 aliphatic rings. The third kappa shape index (κ3) is 4.71. The van der Waals surface area contributed by atoms with Gasteiger partial charge < -0.3 is 44.5 Å². The third-order valence-electron chi connectivity index (χ3n) is 5.34. The summed E-state index contributed by atoms with van der Waals surface area (Å²) in [6.45, 7) is -0.623. The molecule has 3 aromatic carbocycles. The van der Waals surface area contributed by atoms with E-state index in [-0.39, 0.29) is 45.5 Å². The van der Waals surface area contributed by atoms with Crippen LogP contribution in [0.15, 0.2) is 63.8 Å². The van der Waals surface area contributed by atoms with Gasteiger partial charge in [-0.25, -0.2) is 0 Å². The summed E-state index contributed by atoms with van der Waals surface area (Å²) in [7, 11) is 1.38. The lowest BCUT2D eigenvalue weighted by atomic mass is 10.0. The van der Waals surface area contributed by atoms with Crippen LogP contribution in [0.5, 0.6) is 34.5 Å². The SMILES string of the molecule is COc1cc(C(O)C(O)CO)ccc1Oc1ccc(-c2cc(=O)c3c(O)cc(O)cc3o2)cc1O. The first kappa shape index (κ1) is 23.9. The molecule has 35 heavy (non-hydrogen) atoms. The van der Waals surface area contributed by atoms with Crippen LogP contribution in [0, 0.1) is 0 Å². The molecule has 0 fully saturated rings. The number of rotatable bonds is 7. The van der Waals surface area contributed by atoms with E-state index in [0.717, 1.165) is 12.1 Å². The van der Waals surface area contributed by atoms with Crippen molar-refractivity contribution in [3.63, 3.8) is 0 Å². The lowest BCUT2D eigenvalue weighted by molar-refractivity contribution is -0.0153. The van der Waals surface area contributed by atoms with Gasteiger partial charge in [0.25, 0.3) is 0 Å². The molecule has 0 saturated carbocycles. The summed E-state index contributed by atoms with van der Waals surface area (Å²) >= 11 is 0. The van der Waals surface area contributed by atoms with E-state index in [1.807, 2.05) is 0 Å². The highest BCUT2D eigenvalue weighted by atomic mass is 16.5. The summed E-state index contributed by atoms with van der Waals surface area (Å²) in [6.07, 6.45) is -2.71. The maximum absolute atomic E-state index is 12.5. The highest BCUT2D eigenvalue weighted by molar-refractivity contribution is 5.86. The number of ether oxygens (including phenoxy) is 2. The number of fused-ring (bicyclic) bond motifs is 1. The molecule has 0 spiro atoms. The van der Waals surface area contributed by atoms with Gasteiger partial charge in [-0.05, 0) is 35.9 Å². The molecule has 1 heterocycles. The fourth-order valence-electron chi connectivity index (χ4n) is 3.55. The molecule has 0 saturated heterocycles. The summed E-state index contributed by atoms with van der Waals surface area (Å²) in [6, 6.07) is 12.0. The molecule has 182 valence electrons. The molecule has 1 aromatic heterocycles. The molecule has 10 nitrogen and oxygen atoms in total. The van der Waals surface area contributed by atoms with Gasteiger partial charge in [0, 0.05) is 23.8 Å². The molecule has 4 rings (SSSR count). The first-order valence-corrected chi connectivity index (χ1v) is 10.4. The molecule has 0 aliphatic carbocycles. The Morgan fingerprint density at radius 3 is 2.31 bits per heavy atom. The Morgan fingerprint density at radius 1 is 0.886 bits per heavy atom. The molecular weight excluding hydrogens is 460 g/mol. The van der Waals surface area contributed by atoms with Gasteiger partial charge in [0.2, 0.25) is 0 Å². The van der Waals surface area contributed by atoms with E-state index in [4.69, 9.17) is 19.0 Å². The topological polar surface area (TPSA) is 170 Å². The number of phenols is 3. The normalized spacial score (nSPS) is 12.9. The van der Waals surface area contributed by atoms with Crippen molar-refractivity contribution >= 4 is 11.0 Å². The number of aromatic hydroxyl groups is 3. The number of methoxy groups -OCH3 is 1. The van der Waals surface area contributed by atoms with Gasteiger partial charge in [-0.2, -0.15) is 0 Å². The molecule has 6 N–H and O–H groups in total. The fourth-order valence-corrected chi connectivity index (χ4v) is 3.55. The van der Waals surface area contributed by atoms with Crippen LogP contribution in [0.25, 0.3) is 22.3 Å². The smallest absolute Gasteiger partial charge is 0.197 e. The van der Waals surface area contributed by atoms with E-state index in [9.17, 15) is 30.3 Å². The maximum Gasteiger partial charge on any atom is 0.197 e. The van der Waals surface area contributed by atoms with E-state index in [1.54, 1.807) is 0 Å². The minimum absolute atomic E-state index is 0.0249. The largest absolute Gasteiger partial charge is 0.508 e. The Morgan fingerprint density at radius 2 is 1.63 bits per heavy atom. The number of phenolic OH excluding ortho intramolecular Hbond substituents is 3. The van der Waals surface area contributed by atoms with E-state index in [1.165, 1.54) is 49.6 Å². The van der Waals surface area contributed by atoms with Gasteiger partial charge in [-0.1, -0.05) is 6.07 Å². The Hall–Kier alpha value is -4.25. The van der Waals surface area contributed by atoms with Crippen LogP contribution in [0.3, 0.4) is 0 Å². The summed E-state index contributed by atoms with van der Waals surface area (Å²) in [5.41, 5.74) is 0.0684. The van der Waals surface area contributed by atoms with Crippen LogP contribution in [0.1, 0.15) is 11.7 Å². The maximum atomic E-state index is 12.5. The van der Waals surface area contributed by atoms with Gasteiger partial charge in [0.15, 0.2) is 28.4 Å². The summed E-state index contributed by atoms with van der Waals surface area (Å²) in [4.78, 5) is 12.5. The second-order valence-corrected chi connectivity index (χ2v) is 7.70. The summed E-state index contributed by atoms with van der Waals surface area (Å²) < 4.78 is 16.7. The second kappa shape index (κ2) is 9.55. The van der Waals surface area contributed by atoms with Gasteiger partial charge >= 0.3 is 0 Å². The number of benzene rings is 3. The monoisotopic (exact) mass is 482 g/mol. The quantitative estimate of drug-likeness (QED) is 0.230. The van der Waals surface area contributed by atoms with Gasteiger partial charge in [-0.3, -0.25) is 4.79 Å². The van der Waals surface area contributed by atoms with Crippen molar-refractivity contribution in [2.75, 3.05) is 13.7 Å². The van der Waals surface area contributed by atoms with Crippen molar-refractivity contribution in [2.45, 2.75) is 12.2 Å². The van der Waals surface area contributed by atoms with E-state index < -0.39 is 30.0 Å². The van der Waals surface area contributed by atoms with Crippen molar-refractivity contribution in [3.8, 4) is 45.8 Å². The zero-order valence-corrected chi connectivity index (χ0v) is 18.4. The van der Waals surface area contributed by atoms with E-state index in [2.05, 4.69) is 0 Å². The van der Waals surface area contributed by atoms with Crippen LogP contribution in [-0.4, -0.2) is 50.5 Å². The van der Waals surface area contributed by atoms with Gasteiger partial charge in [0.05, 0.1) is 13.7 Å². The van der Waals surface area contributed by atoms with Gasteiger partial charge in [0.1, 0.15) is 40.4 Å². The number of hydrogen-bond acceptors (Lipinski definition) is 10. The molecule has 0 bridgehead atoms. The zero-order chi connectivity index (χ0) is 25.3. The lowest BCUT2D eigenvalue weighted by Crippen LogP contribution is -2.22. The average Bonchev–Trinajstić information content (AvgIpc) is 2.83. The minimum Gasteiger partial charge on any atom is -0.508 e. The summed E-state index contributed by atoms with van der Waals surface area (Å²) in [5, 5.41) is 58.8. The molecule has 10 heteroatoms. The predicted octanol–water partition coefficient (Wildman–Crippen LogP) is 2.76. The van der Waals surface area contributed by atoms with E-state index in [0.29, 0.717) is 11.1 Å². The molecule has 4 aromatic rings. The van der Waals surface area contributed by atoms with Crippen LogP contribution >= 0.6 is 0 Å². The number of hydrogen-bond donors (Lipinski definition) is 6. The highest BCUT2D eigenvalue weighted by Crippen LogP contribution is 2.39. The van der Waals surface area contributed by atoms with Crippen molar-refractivity contribution in [2.24, 2.45) is 0 Å². The molecule has 0 radical (unpaired) electrons. The van der Waals surface area contributed by atoms with Crippen LogP contribution in [0.2, 0.25) is 0 Å². The molecule has 2 unspecified atom stereocenters. The Balaban J connectivity index is 1.65. The van der Waals surface area contributed by atoms with Crippen LogP contribution < -0.4 is 14.9 Å². The average molecular weight is 482 g/mol. The lowest BCUT2D eigenvalue weighted by Gasteiger charge is -2.18.